The van der Waals surface area contributed by atoms with Crippen molar-refractivity contribution in [1.82, 2.24) is 0 Å². The molecule has 0 radical (unpaired) electrons. The van der Waals surface area contributed by atoms with E-state index in [-0.39, 0.29) is 0 Å². The third kappa shape index (κ3) is 3.04. The molecule has 2 aromatic carbocycles. The molecule has 0 fully saturated rings. The molecule has 0 aromatic heterocycles. The Morgan fingerprint density at radius 3 is 2.50 bits per heavy atom. The number of nitrogens with one attached hydrogen (secondary N) is 1. The van der Waals surface area contributed by atoms with Crippen molar-refractivity contribution >= 4 is 5.69 Å². The monoisotopic (exact) mass is 241 g/mol. The van der Waals surface area contributed by atoms with Crippen molar-refractivity contribution in [3.8, 4) is 5.75 Å². The van der Waals surface area contributed by atoms with E-state index in [0.29, 0.717) is 6.04 Å². The van der Waals surface area contributed by atoms with Crippen LogP contribution in [0.25, 0.3) is 0 Å². The molecule has 0 saturated heterocycles. The van der Waals surface area contributed by atoms with Gasteiger partial charge in [0.1, 0.15) is 5.75 Å². The highest BCUT2D eigenvalue weighted by Crippen LogP contribution is 2.24. The Balaban J connectivity index is 2.15. The van der Waals surface area contributed by atoms with Gasteiger partial charge in [-0.05, 0) is 24.1 Å². The smallest absolute Gasteiger partial charge is 0.120 e. The Bertz CT molecular complexity index is 481. The van der Waals surface area contributed by atoms with Gasteiger partial charge in [-0.2, -0.15) is 0 Å². The van der Waals surface area contributed by atoms with Crippen LogP contribution in [0, 0.1) is 0 Å². The number of rotatable bonds is 5. The van der Waals surface area contributed by atoms with Crippen LogP contribution in [-0.2, 0) is 0 Å². The van der Waals surface area contributed by atoms with Crippen LogP contribution in [0.15, 0.2) is 54.6 Å². The Hall–Kier alpha value is -1.96. The molecule has 0 aliphatic rings. The van der Waals surface area contributed by atoms with E-state index in [0.717, 1.165) is 17.9 Å². The lowest BCUT2D eigenvalue weighted by molar-refractivity contribution is 0.415. The van der Waals surface area contributed by atoms with Crippen molar-refractivity contribution in [2.24, 2.45) is 0 Å². The Kier molecular flexibility index (Phi) is 4.24. The molecule has 1 unspecified atom stereocenters. The number of hydrogen-bond donors (Lipinski definition) is 1. The molecule has 18 heavy (non-hydrogen) atoms. The molecule has 1 atom stereocenters. The molecule has 0 heterocycles. The van der Waals surface area contributed by atoms with Crippen molar-refractivity contribution in [2.75, 3.05) is 12.4 Å². The van der Waals surface area contributed by atoms with Crippen LogP contribution in [0.4, 0.5) is 5.69 Å². The van der Waals surface area contributed by atoms with Gasteiger partial charge in [-0.1, -0.05) is 43.3 Å². The van der Waals surface area contributed by atoms with Crippen LogP contribution in [-0.4, -0.2) is 7.11 Å². The summed E-state index contributed by atoms with van der Waals surface area (Å²) in [6, 6.07) is 18.9. The minimum Gasteiger partial charge on any atom is -0.497 e. The van der Waals surface area contributed by atoms with Gasteiger partial charge in [0, 0.05) is 11.8 Å². The molecule has 0 amide bonds. The zero-order chi connectivity index (χ0) is 12.8. The summed E-state index contributed by atoms with van der Waals surface area (Å²) >= 11 is 0. The predicted octanol–water partition coefficient (Wildman–Crippen LogP) is 4.26. The molecule has 1 N–H and O–H groups in total. The maximum absolute atomic E-state index is 5.24. The minimum absolute atomic E-state index is 0.332. The van der Waals surface area contributed by atoms with Crippen LogP contribution in [0.5, 0.6) is 5.75 Å². The van der Waals surface area contributed by atoms with Gasteiger partial charge in [-0.3, -0.25) is 0 Å². The van der Waals surface area contributed by atoms with Crippen LogP contribution < -0.4 is 10.1 Å². The fraction of sp³-hybridized carbons (Fsp3) is 0.250. The van der Waals surface area contributed by atoms with Gasteiger partial charge in [0.2, 0.25) is 0 Å². The average molecular weight is 241 g/mol. The van der Waals surface area contributed by atoms with Crippen LogP contribution in [0.2, 0.25) is 0 Å². The molecule has 94 valence electrons. The third-order valence-electron chi connectivity index (χ3n) is 3.02. The summed E-state index contributed by atoms with van der Waals surface area (Å²) in [5.41, 5.74) is 2.40. The molecule has 2 aromatic rings. The third-order valence-corrected chi connectivity index (χ3v) is 3.02. The number of hydrogen-bond acceptors (Lipinski definition) is 2. The quantitative estimate of drug-likeness (QED) is 0.844. The van der Waals surface area contributed by atoms with Crippen LogP contribution in [0.3, 0.4) is 0 Å². The highest BCUT2D eigenvalue weighted by molar-refractivity contribution is 5.49. The van der Waals surface area contributed by atoms with E-state index < -0.39 is 0 Å². The fourth-order valence-electron chi connectivity index (χ4n) is 2.02. The molecule has 0 aliphatic carbocycles. The lowest BCUT2D eigenvalue weighted by Crippen LogP contribution is -2.09. The van der Waals surface area contributed by atoms with Crippen molar-refractivity contribution in [1.29, 1.82) is 0 Å². The van der Waals surface area contributed by atoms with E-state index in [2.05, 4.69) is 42.6 Å². The van der Waals surface area contributed by atoms with Crippen LogP contribution >= 0.6 is 0 Å². The van der Waals surface area contributed by atoms with E-state index in [4.69, 9.17) is 4.74 Å². The molecule has 0 bridgehead atoms. The molecular formula is C16H19NO. The second kappa shape index (κ2) is 6.10. The standard InChI is InChI=1S/C16H19NO/c1-3-16(13-8-5-4-6-9-13)17-14-10-7-11-15(12-14)18-2/h4-12,16-17H,3H2,1-2H3. The maximum atomic E-state index is 5.24. The summed E-state index contributed by atoms with van der Waals surface area (Å²) in [6.45, 7) is 2.19. The van der Waals surface area contributed by atoms with Gasteiger partial charge in [-0.25, -0.2) is 0 Å². The van der Waals surface area contributed by atoms with Crippen molar-refractivity contribution < 1.29 is 4.74 Å². The summed E-state index contributed by atoms with van der Waals surface area (Å²) < 4.78 is 5.24. The fourth-order valence-corrected chi connectivity index (χ4v) is 2.02. The number of ether oxygens (including phenoxy) is 1. The van der Waals surface area contributed by atoms with E-state index >= 15 is 0 Å². The van der Waals surface area contributed by atoms with Gasteiger partial charge in [0.15, 0.2) is 0 Å². The van der Waals surface area contributed by atoms with Gasteiger partial charge >= 0.3 is 0 Å². The van der Waals surface area contributed by atoms with Crippen molar-refractivity contribution in [3.05, 3.63) is 60.2 Å². The molecule has 0 aliphatic heterocycles. The summed E-state index contributed by atoms with van der Waals surface area (Å²) in [7, 11) is 1.69. The largest absolute Gasteiger partial charge is 0.497 e. The Morgan fingerprint density at radius 1 is 1.06 bits per heavy atom. The SMILES string of the molecule is CCC(Nc1cccc(OC)c1)c1ccccc1. The summed E-state index contributed by atoms with van der Waals surface area (Å²) in [4.78, 5) is 0. The first kappa shape index (κ1) is 12.5. The van der Waals surface area contributed by atoms with E-state index in [1.54, 1.807) is 7.11 Å². The first-order chi connectivity index (χ1) is 8.83. The molecule has 2 nitrogen and oxygen atoms in total. The van der Waals surface area contributed by atoms with Gasteiger partial charge < -0.3 is 10.1 Å². The summed E-state index contributed by atoms with van der Waals surface area (Å²) in [5, 5.41) is 3.54. The number of anilines is 1. The molecule has 0 saturated carbocycles. The van der Waals surface area contributed by atoms with E-state index in [1.165, 1.54) is 5.56 Å². The Labute approximate surface area is 109 Å². The first-order valence-corrected chi connectivity index (χ1v) is 6.29. The first-order valence-electron chi connectivity index (χ1n) is 6.29. The summed E-state index contributed by atoms with van der Waals surface area (Å²) in [5.74, 6) is 0.878. The van der Waals surface area contributed by atoms with Gasteiger partial charge in [0.25, 0.3) is 0 Å². The van der Waals surface area contributed by atoms with Crippen LogP contribution in [0.1, 0.15) is 24.9 Å². The zero-order valence-corrected chi connectivity index (χ0v) is 10.9. The average Bonchev–Trinajstić information content (AvgIpc) is 2.46. The Morgan fingerprint density at radius 2 is 1.83 bits per heavy atom. The van der Waals surface area contributed by atoms with Gasteiger partial charge in [0.05, 0.1) is 13.2 Å². The van der Waals surface area contributed by atoms with Gasteiger partial charge in [-0.15, -0.1) is 0 Å². The second-order valence-electron chi connectivity index (χ2n) is 4.25. The number of benzene rings is 2. The molecule has 2 rings (SSSR count). The maximum Gasteiger partial charge on any atom is 0.120 e. The lowest BCUT2D eigenvalue weighted by atomic mass is 10.0. The van der Waals surface area contributed by atoms with Crippen molar-refractivity contribution in [3.63, 3.8) is 0 Å². The predicted molar refractivity (Wildman–Crippen MR) is 76.1 cm³/mol. The highest BCUT2D eigenvalue weighted by atomic mass is 16.5. The minimum atomic E-state index is 0.332. The topological polar surface area (TPSA) is 21.3 Å². The molecule has 0 spiro atoms. The van der Waals surface area contributed by atoms with E-state index in [9.17, 15) is 0 Å². The number of methoxy groups -OCH3 is 1. The molecule has 2 heteroatoms. The van der Waals surface area contributed by atoms with E-state index in [1.807, 2.05) is 24.3 Å². The lowest BCUT2D eigenvalue weighted by Gasteiger charge is -2.19. The highest BCUT2D eigenvalue weighted by Gasteiger charge is 2.08. The second-order valence-corrected chi connectivity index (χ2v) is 4.25. The molecular weight excluding hydrogens is 222 g/mol. The summed E-state index contributed by atoms with van der Waals surface area (Å²) in [6.07, 6.45) is 1.04. The van der Waals surface area contributed by atoms with Crippen molar-refractivity contribution in [2.45, 2.75) is 19.4 Å². The normalized spacial score (nSPS) is 11.9. The zero-order valence-electron chi connectivity index (χ0n) is 10.9.